The molecule has 1 fully saturated rings. The standard InChI is InChI=1S/C4H9P.Ge/c1-2-4-5-3-1;/h5H,1-4H2;. The van der Waals surface area contributed by atoms with Gasteiger partial charge in [-0.1, -0.05) is 0 Å². The Hall–Kier alpha value is 0.973. The van der Waals surface area contributed by atoms with Crippen molar-refractivity contribution in [3.8, 4) is 0 Å². The summed E-state index contributed by atoms with van der Waals surface area (Å²) in [7, 11) is 1.31. The molecule has 0 atom stereocenters. The summed E-state index contributed by atoms with van der Waals surface area (Å²) >= 11 is 0. The third-order valence-electron chi connectivity index (χ3n) is 0.957. The fourth-order valence-corrected chi connectivity index (χ4v) is 1.87. The summed E-state index contributed by atoms with van der Waals surface area (Å²) in [5.74, 6) is 0. The van der Waals surface area contributed by atoms with E-state index in [4.69, 9.17) is 0 Å². The van der Waals surface area contributed by atoms with Crippen LogP contribution in [-0.4, -0.2) is 29.9 Å². The van der Waals surface area contributed by atoms with E-state index in [1.54, 1.807) is 0 Å². The van der Waals surface area contributed by atoms with Gasteiger partial charge in [0.2, 0.25) is 0 Å². The zero-order chi connectivity index (χ0) is 3.54. The van der Waals surface area contributed by atoms with Gasteiger partial charge in [0.05, 0.1) is 0 Å². The van der Waals surface area contributed by atoms with Gasteiger partial charge in [0.25, 0.3) is 0 Å². The van der Waals surface area contributed by atoms with E-state index in [-0.39, 0.29) is 17.6 Å². The van der Waals surface area contributed by atoms with Crippen LogP contribution < -0.4 is 0 Å². The van der Waals surface area contributed by atoms with Crippen LogP contribution in [0.4, 0.5) is 0 Å². The summed E-state index contributed by atoms with van der Waals surface area (Å²) in [6.07, 6.45) is 6.08. The van der Waals surface area contributed by atoms with Crippen molar-refractivity contribution in [2.75, 3.05) is 12.3 Å². The zero-order valence-corrected chi connectivity index (χ0v) is 6.93. The maximum atomic E-state index is 1.53. The van der Waals surface area contributed by atoms with E-state index in [1.165, 1.54) is 33.7 Å². The van der Waals surface area contributed by atoms with Crippen molar-refractivity contribution < 1.29 is 0 Å². The molecule has 0 bridgehead atoms. The second kappa shape index (κ2) is 4.14. The molecule has 0 saturated carbocycles. The maximum Gasteiger partial charge on any atom is 0 e. The topological polar surface area (TPSA) is 0 Å². The van der Waals surface area contributed by atoms with Gasteiger partial charge in [0.15, 0.2) is 0 Å². The Morgan fingerprint density at radius 1 is 1.00 bits per heavy atom. The molecule has 6 heavy (non-hydrogen) atoms. The SMILES string of the molecule is C1CCPC1.[Ge]. The molecule has 0 spiro atoms. The van der Waals surface area contributed by atoms with Crippen LogP contribution in [0.25, 0.3) is 0 Å². The first-order valence-electron chi connectivity index (χ1n) is 2.21. The molecule has 1 aliphatic rings. The van der Waals surface area contributed by atoms with Crippen LogP contribution in [0, 0.1) is 0 Å². The molecule has 2 heteroatoms. The molecule has 0 N–H and O–H groups in total. The summed E-state index contributed by atoms with van der Waals surface area (Å²) in [5, 5.41) is 0. The summed E-state index contributed by atoms with van der Waals surface area (Å²) in [5.41, 5.74) is 0. The van der Waals surface area contributed by atoms with Gasteiger partial charge in [-0.25, -0.2) is 0 Å². The van der Waals surface area contributed by atoms with Gasteiger partial charge in [-0.2, -0.15) is 0 Å². The Bertz CT molecular complexity index is 19.1. The first-order valence-corrected chi connectivity index (χ1v) is 3.62. The molecule has 0 nitrogen and oxygen atoms in total. The summed E-state index contributed by atoms with van der Waals surface area (Å²) in [6, 6.07) is 0. The van der Waals surface area contributed by atoms with Gasteiger partial charge >= 0.3 is 0 Å². The molecule has 0 unspecified atom stereocenters. The Morgan fingerprint density at radius 2 is 1.50 bits per heavy atom. The van der Waals surface area contributed by atoms with Crippen molar-refractivity contribution in [1.82, 2.24) is 0 Å². The fourth-order valence-electron chi connectivity index (χ4n) is 0.625. The summed E-state index contributed by atoms with van der Waals surface area (Å²) in [6.45, 7) is 0. The quantitative estimate of drug-likeness (QED) is 0.368. The molecule has 34 valence electrons. The van der Waals surface area contributed by atoms with Crippen LogP contribution in [0.15, 0.2) is 0 Å². The second-order valence-electron chi connectivity index (χ2n) is 1.46. The minimum atomic E-state index is 0. The molecule has 1 rings (SSSR count). The monoisotopic (exact) mass is 162 g/mol. The summed E-state index contributed by atoms with van der Waals surface area (Å²) in [4.78, 5) is 0. The van der Waals surface area contributed by atoms with E-state index < -0.39 is 0 Å². The summed E-state index contributed by atoms with van der Waals surface area (Å²) < 4.78 is 0. The zero-order valence-electron chi connectivity index (χ0n) is 3.83. The van der Waals surface area contributed by atoms with Gasteiger partial charge in [-0.05, 0) is 25.2 Å². The van der Waals surface area contributed by atoms with Crippen molar-refractivity contribution in [2.45, 2.75) is 12.8 Å². The average Bonchev–Trinajstić information content (AvgIpc) is 1.76. The molecule has 1 saturated heterocycles. The van der Waals surface area contributed by atoms with Crippen molar-refractivity contribution in [2.24, 2.45) is 0 Å². The van der Waals surface area contributed by atoms with E-state index in [1.807, 2.05) is 0 Å². The van der Waals surface area contributed by atoms with E-state index in [0.717, 1.165) is 0 Å². The third kappa shape index (κ3) is 2.20. The van der Waals surface area contributed by atoms with Crippen LogP contribution >= 0.6 is 8.58 Å². The Balaban J connectivity index is 0.000000250. The molecule has 0 amide bonds. The molecular weight excluding hydrogens is 152 g/mol. The van der Waals surface area contributed by atoms with Crippen molar-refractivity contribution >= 4 is 26.2 Å². The van der Waals surface area contributed by atoms with Crippen LogP contribution in [0.1, 0.15) is 12.8 Å². The van der Waals surface area contributed by atoms with Gasteiger partial charge in [0.1, 0.15) is 0 Å². The Morgan fingerprint density at radius 3 is 1.67 bits per heavy atom. The van der Waals surface area contributed by atoms with Crippen molar-refractivity contribution in [3.05, 3.63) is 0 Å². The molecule has 4 radical (unpaired) electrons. The van der Waals surface area contributed by atoms with Crippen LogP contribution in [0.3, 0.4) is 0 Å². The van der Waals surface area contributed by atoms with Gasteiger partial charge in [-0.15, -0.1) is 8.58 Å². The van der Waals surface area contributed by atoms with Crippen molar-refractivity contribution in [3.63, 3.8) is 0 Å². The van der Waals surface area contributed by atoms with Gasteiger partial charge in [-0.3, -0.25) is 0 Å². The second-order valence-corrected chi connectivity index (χ2v) is 2.96. The largest absolute Gasteiger partial charge is 0.122 e. The van der Waals surface area contributed by atoms with E-state index in [0.29, 0.717) is 0 Å². The molecule has 0 aromatic rings. The predicted molar refractivity (Wildman–Crippen MR) is 33.0 cm³/mol. The predicted octanol–water partition coefficient (Wildman–Crippen LogP) is 1.08. The normalized spacial score (nSPS) is 20.0. The molecule has 1 aliphatic heterocycles. The van der Waals surface area contributed by atoms with E-state index in [2.05, 4.69) is 0 Å². The molecule has 0 aromatic carbocycles. The van der Waals surface area contributed by atoms with E-state index >= 15 is 0 Å². The average molecular weight is 161 g/mol. The van der Waals surface area contributed by atoms with Crippen LogP contribution in [0.5, 0.6) is 0 Å². The van der Waals surface area contributed by atoms with Crippen LogP contribution in [-0.2, 0) is 0 Å². The van der Waals surface area contributed by atoms with Gasteiger partial charge < -0.3 is 0 Å². The minimum Gasteiger partial charge on any atom is -0.122 e. The maximum absolute atomic E-state index is 1.53. The smallest absolute Gasteiger partial charge is 0 e. The van der Waals surface area contributed by atoms with E-state index in [9.17, 15) is 0 Å². The fraction of sp³-hybridized carbons (Fsp3) is 1.00. The Kier molecular flexibility index (Phi) is 4.81. The first-order chi connectivity index (χ1) is 2.50. The third-order valence-corrected chi connectivity index (χ3v) is 2.37. The molecule has 0 aliphatic carbocycles. The molecular formula is C4H9GeP. The number of rotatable bonds is 0. The van der Waals surface area contributed by atoms with Crippen molar-refractivity contribution in [1.29, 1.82) is 0 Å². The minimum absolute atomic E-state index is 0. The molecule has 1 heterocycles. The number of hydrogen-bond acceptors (Lipinski definition) is 0. The van der Waals surface area contributed by atoms with Gasteiger partial charge in [0, 0.05) is 17.6 Å². The first kappa shape index (κ1) is 6.97. The van der Waals surface area contributed by atoms with Crippen LogP contribution in [0.2, 0.25) is 0 Å². The Labute approximate surface area is 51.8 Å². The number of hydrogen-bond donors (Lipinski definition) is 0. The molecule has 0 aromatic heterocycles.